The van der Waals surface area contributed by atoms with E-state index in [1.54, 1.807) is 35.2 Å². The van der Waals surface area contributed by atoms with Crippen LogP contribution in [0.25, 0.3) is 39.2 Å². The number of carbonyl (C=O) groups is 2. The molecule has 2 aromatic heterocycles. The van der Waals surface area contributed by atoms with Gasteiger partial charge in [-0.25, -0.2) is 8.78 Å². The van der Waals surface area contributed by atoms with Crippen LogP contribution in [0.1, 0.15) is 25.3 Å². The molecule has 2 aliphatic rings. The molecule has 0 radical (unpaired) electrons. The van der Waals surface area contributed by atoms with Gasteiger partial charge in [0.1, 0.15) is 11.6 Å². The standard InChI is InChI=1S/C36H36F2N8O4/c1-3-39-35-44-43-33(50-35)24-6-10-27(29(38)18-24)22-12-15-46(16-13-22)31(47)20-45-17-14-36(21-45,49-2)34(48)40-26-9-11-30-28(19-26)32(42-41-30)23-4-7-25(37)8-5-23/h4-12,18-19H,3,13-17,20-21H2,1-2H3,(H,39,44)(H,40,48)(H,41,42)/t36-/m0/s1. The predicted molar refractivity (Wildman–Crippen MR) is 184 cm³/mol. The monoisotopic (exact) mass is 682 g/mol. The van der Waals surface area contributed by atoms with Gasteiger partial charge in [0.2, 0.25) is 11.8 Å². The number of hydrogen-bond donors (Lipinski definition) is 3. The molecule has 258 valence electrons. The van der Waals surface area contributed by atoms with Gasteiger partial charge in [0, 0.05) is 67.6 Å². The van der Waals surface area contributed by atoms with Crippen LogP contribution in [0.3, 0.4) is 0 Å². The number of aromatic amines is 1. The molecule has 3 aromatic carbocycles. The van der Waals surface area contributed by atoms with Crippen LogP contribution >= 0.6 is 0 Å². The fraction of sp³-hybridized carbons (Fsp3) is 0.306. The normalized spacial score (nSPS) is 18.0. The quantitative estimate of drug-likeness (QED) is 0.178. The lowest BCUT2D eigenvalue weighted by Crippen LogP contribution is -2.48. The lowest BCUT2D eigenvalue weighted by atomic mass is 9.97. The first-order chi connectivity index (χ1) is 24.2. The van der Waals surface area contributed by atoms with E-state index >= 15 is 4.39 Å². The first-order valence-corrected chi connectivity index (χ1v) is 16.4. The van der Waals surface area contributed by atoms with Crippen molar-refractivity contribution in [3.63, 3.8) is 0 Å². The van der Waals surface area contributed by atoms with E-state index in [-0.39, 0.29) is 42.6 Å². The molecular formula is C36H36F2N8O4. The van der Waals surface area contributed by atoms with Crippen LogP contribution < -0.4 is 10.6 Å². The van der Waals surface area contributed by atoms with Gasteiger partial charge >= 0.3 is 6.01 Å². The number of likely N-dealkylation sites (tertiary alicyclic amines) is 1. The number of aromatic nitrogens is 4. The van der Waals surface area contributed by atoms with Crippen molar-refractivity contribution in [1.82, 2.24) is 30.2 Å². The number of methoxy groups -OCH3 is 1. The van der Waals surface area contributed by atoms with Crippen molar-refractivity contribution in [1.29, 1.82) is 0 Å². The second kappa shape index (κ2) is 13.8. The molecule has 7 rings (SSSR count). The highest BCUT2D eigenvalue weighted by Crippen LogP contribution is 2.32. The molecule has 0 saturated carbocycles. The number of carbonyl (C=O) groups excluding carboxylic acids is 2. The Hall–Kier alpha value is -5.47. The fourth-order valence-corrected chi connectivity index (χ4v) is 6.50. The number of fused-ring (bicyclic) bond motifs is 1. The van der Waals surface area contributed by atoms with Gasteiger partial charge in [-0.1, -0.05) is 17.2 Å². The zero-order chi connectivity index (χ0) is 34.8. The summed E-state index contributed by atoms with van der Waals surface area (Å²) in [6, 6.07) is 16.6. The van der Waals surface area contributed by atoms with Crippen molar-refractivity contribution in [2.24, 2.45) is 0 Å². The number of benzene rings is 3. The maximum atomic E-state index is 15.2. The molecule has 50 heavy (non-hydrogen) atoms. The van der Waals surface area contributed by atoms with Crippen molar-refractivity contribution in [3.8, 4) is 22.7 Å². The molecule has 14 heteroatoms. The number of halogens is 2. The molecule has 1 saturated heterocycles. The zero-order valence-electron chi connectivity index (χ0n) is 27.6. The summed E-state index contributed by atoms with van der Waals surface area (Å²) in [6.45, 7) is 4.22. The molecule has 5 aromatic rings. The Morgan fingerprint density at radius 1 is 1.04 bits per heavy atom. The van der Waals surface area contributed by atoms with Gasteiger partial charge in [0.15, 0.2) is 5.60 Å². The summed E-state index contributed by atoms with van der Waals surface area (Å²) in [5, 5.41) is 21.9. The first kappa shape index (κ1) is 33.0. The molecule has 3 N–H and O–H groups in total. The molecule has 4 heterocycles. The van der Waals surface area contributed by atoms with Crippen molar-refractivity contribution in [2.75, 3.05) is 57.0 Å². The number of rotatable bonds is 10. The molecule has 1 atom stereocenters. The van der Waals surface area contributed by atoms with Crippen molar-refractivity contribution >= 4 is 40.0 Å². The van der Waals surface area contributed by atoms with Gasteiger partial charge in [-0.15, -0.1) is 5.10 Å². The number of ether oxygens (including phenoxy) is 1. The topological polar surface area (TPSA) is 142 Å². The maximum absolute atomic E-state index is 15.2. The molecule has 2 aliphatic heterocycles. The van der Waals surface area contributed by atoms with E-state index in [9.17, 15) is 14.0 Å². The van der Waals surface area contributed by atoms with Crippen molar-refractivity contribution in [2.45, 2.75) is 25.4 Å². The van der Waals surface area contributed by atoms with Crippen LogP contribution in [0, 0.1) is 11.6 Å². The highest BCUT2D eigenvalue weighted by Gasteiger charge is 2.45. The van der Waals surface area contributed by atoms with Gasteiger partial charge in [-0.3, -0.25) is 19.6 Å². The van der Waals surface area contributed by atoms with E-state index in [0.29, 0.717) is 61.5 Å². The second-order valence-corrected chi connectivity index (χ2v) is 12.4. The summed E-state index contributed by atoms with van der Waals surface area (Å²) < 4.78 is 40.0. The van der Waals surface area contributed by atoms with Gasteiger partial charge in [0.05, 0.1) is 17.8 Å². The smallest absolute Gasteiger partial charge is 0.315 e. The fourth-order valence-electron chi connectivity index (χ4n) is 6.50. The molecule has 1 fully saturated rings. The Balaban J connectivity index is 0.959. The van der Waals surface area contributed by atoms with Crippen molar-refractivity contribution in [3.05, 3.63) is 83.9 Å². The maximum Gasteiger partial charge on any atom is 0.315 e. The lowest BCUT2D eigenvalue weighted by Gasteiger charge is -2.30. The number of H-pyrrole nitrogens is 1. The van der Waals surface area contributed by atoms with E-state index in [2.05, 4.69) is 31.0 Å². The lowest BCUT2D eigenvalue weighted by molar-refractivity contribution is -0.138. The Labute approximate surface area is 286 Å². The number of nitrogens with zero attached hydrogens (tertiary/aromatic N) is 5. The van der Waals surface area contributed by atoms with E-state index in [0.717, 1.165) is 22.0 Å². The van der Waals surface area contributed by atoms with Gasteiger partial charge < -0.3 is 24.7 Å². The molecule has 12 nitrogen and oxygen atoms in total. The summed E-state index contributed by atoms with van der Waals surface area (Å²) in [7, 11) is 1.50. The van der Waals surface area contributed by atoms with E-state index in [1.807, 2.05) is 30.0 Å². The van der Waals surface area contributed by atoms with Crippen molar-refractivity contribution < 1.29 is 27.5 Å². The second-order valence-electron chi connectivity index (χ2n) is 12.4. The number of amides is 2. The van der Waals surface area contributed by atoms with E-state index in [4.69, 9.17) is 9.15 Å². The van der Waals surface area contributed by atoms with Gasteiger partial charge in [-0.2, -0.15) is 5.10 Å². The summed E-state index contributed by atoms with van der Waals surface area (Å²) in [5.74, 6) is -0.893. The number of nitrogens with one attached hydrogen (secondary N) is 3. The molecule has 2 amide bonds. The molecule has 0 bridgehead atoms. The molecular weight excluding hydrogens is 646 g/mol. The highest BCUT2D eigenvalue weighted by molar-refractivity contribution is 6.01. The molecule has 0 aliphatic carbocycles. The largest absolute Gasteiger partial charge is 0.403 e. The minimum absolute atomic E-state index is 0.0740. The minimum atomic E-state index is -1.14. The Morgan fingerprint density at radius 2 is 1.86 bits per heavy atom. The van der Waals surface area contributed by atoms with Crippen LogP contribution in [-0.2, 0) is 14.3 Å². The number of anilines is 2. The van der Waals surface area contributed by atoms with Gasteiger partial charge in [-0.05, 0) is 79.9 Å². The third kappa shape index (κ3) is 6.59. The summed E-state index contributed by atoms with van der Waals surface area (Å²) in [5.41, 5.74) is 3.37. The Kier molecular flexibility index (Phi) is 9.12. The van der Waals surface area contributed by atoms with Crippen LogP contribution in [0.5, 0.6) is 0 Å². The molecule has 0 unspecified atom stereocenters. The Morgan fingerprint density at radius 3 is 2.60 bits per heavy atom. The number of hydrogen-bond acceptors (Lipinski definition) is 9. The highest BCUT2D eigenvalue weighted by atomic mass is 19.1. The van der Waals surface area contributed by atoms with E-state index in [1.165, 1.54) is 25.3 Å². The van der Waals surface area contributed by atoms with Crippen LogP contribution in [0.2, 0.25) is 0 Å². The third-order valence-corrected chi connectivity index (χ3v) is 9.29. The third-order valence-electron chi connectivity index (χ3n) is 9.29. The summed E-state index contributed by atoms with van der Waals surface area (Å²) in [6.07, 6.45) is 2.79. The average molecular weight is 683 g/mol. The average Bonchev–Trinajstić information content (AvgIpc) is 3.88. The Bertz CT molecular complexity index is 2080. The SMILES string of the molecule is CCNc1nnc(-c2ccc(C3=CCN(C(=O)CN4CC[C@@](OC)(C(=O)Nc5ccc6[nH]nc(-c7ccc(F)cc7)c6c5)C4)CC3)c(F)c2)o1. The summed E-state index contributed by atoms with van der Waals surface area (Å²) >= 11 is 0. The van der Waals surface area contributed by atoms with Crippen LogP contribution in [-0.4, -0.2) is 94.0 Å². The first-order valence-electron chi connectivity index (χ1n) is 16.4. The van der Waals surface area contributed by atoms with E-state index < -0.39 is 11.4 Å². The minimum Gasteiger partial charge on any atom is -0.403 e. The van der Waals surface area contributed by atoms with Gasteiger partial charge in [0.25, 0.3) is 5.91 Å². The zero-order valence-corrected chi connectivity index (χ0v) is 27.6. The molecule has 0 spiro atoms. The predicted octanol–water partition coefficient (Wildman–Crippen LogP) is 5.34. The summed E-state index contributed by atoms with van der Waals surface area (Å²) in [4.78, 5) is 30.6. The van der Waals surface area contributed by atoms with Crippen LogP contribution in [0.4, 0.5) is 20.5 Å². The van der Waals surface area contributed by atoms with Crippen LogP contribution in [0.15, 0.2) is 71.2 Å².